The lowest BCUT2D eigenvalue weighted by atomic mass is 10.1. The second kappa shape index (κ2) is 4.54. The maximum absolute atomic E-state index is 11.8. The van der Waals surface area contributed by atoms with Crippen molar-refractivity contribution in [3.05, 3.63) is 18.3 Å². The molecule has 1 unspecified atom stereocenters. The molecule has 1 aliphatic rings. The normalized spacial score (nSPS) is 20.4. The van der Waals surface area contributed by atoms with Crippen LogP contribution in [0.5, 0.6) is 0 Å². The minimum absolute atomic E-state index is 0.158. The number of amides is 1. The van der Waals surface area contributed by atoms with E-state index in [0.29, 0.717) is 12.2 Å². The molecule has 1 fully saturated rings. The second-order valence-electron chi connectivity index (χ2n) is 4.31. The number of sulfonamides is 1. The van der Waals surface area contributed by atoms with Gasteiger partial charge >= 0.3 is 0 Å². The van der Waals surface area contributed by atoms with Gasteiger partial charge in [-0.2, -0.15) is 0 Å². The first-order valence-electron chi connectivity index (χ1n) is 5.38. The fraction of sp³-hybridized carbons (Fsp3) is 0.400. The van der Waals surface area contributed by atoms with Crippen molar-refractivity contribution in [2.75, 3.05) is 22.9 Å². The topological polar surface area (TPSA) is 119 Å². The Bertz CT molecular complexity index is 572. The van der Waals surface area contributed by atoms with E-state index in [1.807, 2.05) is 0 Å². The Balaban J connectivity index is 2.18. The van der Waals surface area contributed by atoms with E-state index < -0.39 is 10.0 Å². The Labute approximate surface area is 105 Å². The fourth-order valence-corrected chi connectivity index (χ4v) is 2.97. The van der Waals surface area contributed by atoms with Gasteiger partial charge < -0.3 is 10.6 Å². The van der Waals surface area contributed by atoms with Crippen molar-refractivity contribution in [2.45, 2.75) is 6.42 Å². The molecule has 1 aliphatic heterocycles. The molecule has 18 heavy (non-hydrogen) atoms. The lowest BCUT2D eigenvalue weighted by Crippen LogP contribution is -2.28. The number of primary sulfonamides is 1. The van der Waals surface area contributed by atoms with E-state index in [-0.39, 0.29) is 29.8 Å². The summed E-state index contributed by atoms with van der Waals surface area (Å²) in [4.78, 5) is 17.2. The minimum atomic E-state index is -3.57. The predicted molar refractivity (Wildman–Crippen MR) is 67.1 cm³/mol. The molecule has 8 heteroatoms. The number of nitrogen functional groups attached to an aromatic ring is 1. The fourth-order valence-electron chi connectivity index (χ4n) is 2.09. The van der Waals surface area contributed by atoms with Crippen LogP contribution in [0.3, 0.4) is 0 Å². The number of nitrogens with two attached hydrogens (primary N) is 2. The zero-order valence-corrected chi connectivity index (χ0v) is 10.4. The van der Waals surface area contributed by atoms with Gasteiger partial charge in [-0.05, 0) is 12.1 Å². The van der Waals surface area contributed by atoms with E-state index in [1.165, 1.54) is 11.1 Å². The number of anilines is 2. The van der Waals surface area contributed by atoms with Crippen molar-refractivity contribution in [3.63, 3.8) is 0 Å². The third kappa shape index (κ3) is 2.77. The van der Waals surface area contributed by atoms with Crippen molar-refractivity contribution in [3.8, 4) is 0 Å². The molecular formula is C10H14N4O3S. The van der Waals surface area contributed by atoms with Gasteiger partial charge in [0.15, 0.2) is 0 Å². The molecule has 0 bridgehead atoms. The number of hydrogen-bond acceptors (Lipinski definition) is 5. The molecule has 1 amide bonds. The third-order valence-corrected chi connectivity index (χ3v) is 3.72. The van der Waals surface area contributed by atoms with Crippen LogP contribution in [0.15, 0.2) is 18.3 Å². The molecule has 0 spiro atoms. The summed E-state index contributed by atoms with van der Waals surface area (Å²) < 4.78 is 22.0. The van der Waals surface area contributed by atoms with E-state index in [4.69, 9.17) is 10.9 Å². The summed E-state index contributed by atoms with van der Waals surface area (Å²) in [6.45, 7) is 0.297. The largest absolute Gasteiger partial charge is 0.382 e. The molecule has 0 aromatic carbocycles. The van der Waals surface area contributed by atoms with E-state index >= 15 is 0 Å². The van der Waals surface area contributed by atoms with Gasteiger partial charge in [-0.15, -0.1) is 0 Å². The number of carbonyl (C=O) groups is 1. The van der Waals surface area contributed by atoms with Gasteiger partial charge in [0.05, 0.1) is 11.4 Å². The molecule has 0 radical (unpaired) electrons. The van der Waals surface area contributed by atoms with E-state index in [2.05, 4.69) is 4.98 Å². The molecule has 2 heterocycles. The van der Waals surface area contributed by atoms with Crippen LogP contribution >= 0.6 is 0 Å². The average Bonchev–Trinajstić information content (AvgIpc) is 2.57. The summed E-state index contributed by atoms with van der Waals surface area (Å²) in [5.74, 6) is -0.410. The predicted octanol–water partition coefficient (Wildman–Crippen LogP) is -0.695. The molecule has 4 N–H and O–H groups in total. The van der Waals surface area contributed by atoms with Crippen LogP contribution in [-0.4, -0.2) is 31.6 Å². The van der Waals surface area contributed by atoms with Crippen LogP contribution in [0.25, 0.3) is 0 Å². The highest BCUT2D eigenvalue weighted by molar-refractivity contribution is 7.89. The Morgan fingerprint density at radius 3 is 2.83 bits per heavy atom. The average molecular weight is 270 g/mol. The first-order valence-corrected chi connectivity index (χ1v) is 7.09. The molecule has 1 atom stereocenters. The minimum Gasteiger partial charge on any atom is -0.382 e. The summed E-state index contributed by atoms with van der Waals surface area (Å²) in [6.07, 6.45) is 1.69. The van der Waals surface area contributed by atoms with E-state index in [1.54, 1.807) is 12.1 Å². The standard InChI is InChI=1S/C10H14N4O3S/c11-10-8(2-1-3-13-10)14-5-7(4-9(14)15)6-18(12,16)17/h1-3,7H,4-6H2,(H2,11,13)(H2,12,16,17). The van der Waals surface area contributed by atoms with E-state index in [9.17, 15) is 13.2 Å². The van der Waals surface area contributed by atoms with Crippen LogP contribution in [0, 0.1) is 5.92 Å². The highest BCUT2D eigenvalue weighted by atomic mass is 32.2. The first-order chi connectivity index (χ1) is 8.37. The smallest absolute Gasteiger partial charge is 0.227 e. The number of rotatable bonds is 3. The number of aromatic nitrogens is 1. The van der Waals surface area contributed by atoms with Crippen molar-refractivity contribution in [1.82, 2.24) is 4.98 Å². The molecule has 98 valence electrons. The number of hydrogen-bond donors (Lipinski definition) is 2. The summed E-state index contributed by atoms with van der Waals surface area (Å²) in [5, 5.41) is 4.98. The van der Waals surface area contributed by atoms with Gasteiger partial charge in [0.25, 0.3) is 0 Å². The molecular weight excluding hydrogens is 256 g/mol. The van der Waals surface area contributed by atoms with Gasteiger partial charge in [0, 0.05) is 25.1 Å². The van der Waals surface area contributed by atoms with Crippen LogP contribution in [0.2, 0.25) is 0 Å². The maximum Gasteiger partial charge on any atom is 0.227 e. The molecule has 2 rings (SSSR count). The molecule has 1 aromatic rings. The van der Waals surface area contributed by atoms with Gasteiger partial charge in [-0.1, -0.05) is 0 Å². The number of carbonyl (C=O) groups excluding carboxylic acids is 1. The quantitative estimate of drug-likeness (QED) is 0.753. The molecule has 0 aliphatic carbocycles. The van der Waals surface area contributed by atoms with Gasteiger partial charge in [-0.3, -0.25) is 4.79 Å². The number of pyridine rings is 1. The zero-order valence-electron chi connectivity index (χ0n) is 9.61. The lowest BCUT2D eigenvalue weighted by molar-refractivity contribution is -0.117. The van der Waals surface area contributed by atoms with Crippen LogP contribution < -0.4 is 15.8 Å². The Kier molecular flexibility index (Phi) is 3.22. The second-order valence-corrected chi connectivity index (χ2v) is 5.97. The molecule has 1 saturated heterocycles. The van der Waals surface area contributed by atoms with Gasteiger partial charge in [0.2, 0.25) is 15.9 Å². The Morgan fingerprint density at radius 1 is 1.50 bits per heavy atom. The lowest BCUT2D eigenvalue weighted by Gasteiger charge is -2.17. The van der Waals surface area contributed by atoms with Crippen molar-refractivity contribution < 1.29 is 13.2 Å². The third-order valence-electron chi connectivity index (χ3n) is 2.78. The van der Waals surface area contributed by atoms with E-state index in [0.717, 1.165) is 0 Å². The SMILES string of the molecule is Nc1ncccc1N1CC(CS(N)(=O)=O)CC1=O. The summed E-state index contributed by atoms with van der Waals surface area (Å²) >= 11 is 0. The zero-order chi connectivity index (χ0) is 13.3. The molecule has 7 nitrogen and oxygen atoms in total. The Hall–Kier alpha value is -1.67. The highest BCUT2D eigenvalue weighted by Gasteiger charge is 2.33. The van der Waals surface area contributed by atoms with Crippen LogP contribution in [0.1, 0.15) is 6.42 Å². The highest BCUT2D eigenvalue weighted by Crippen LogP contribution is 2.28. The van der Waals surface area contributed by atoms with Crippen molar-refractivity contribution in [2.24, 2.45) is 11.1 Å². The molecule has 0 saturated carbocycles. The summed E-state index contributed by atoms with van der Waals surface area (Å²) in [6, 6.07) is 3.35. The van der Waals surface area contributed by atoms with Crippen LogP contribution in [0.4, 0.5) is 11.5 Å². The first kappa shape index (κ1) is 12.8. The van der Waals surface area contributed by atoms with Crippen molar-refractivity contribution >= 4 is 27.4 Å². The maximum atomic E-state index is 11.8. The Morgan fingerprint density at radius 2 is 2.22 bits per heavy atom. The van der Waals surface area contributed by atoms with Crippen molar-refractivity contribution in [1.29, 1.82) is 0 Å². The van der Waals surface area contributed by atoms with Gasteiger partial charge in [-0.25, -0.2) is 18.5 Å². The number of nitrogens with zero attached hydrogens (tertiary/aromatic N) is 2. The van der Waals surface area contributed by atoms with Crippen LogP contribution in [-0.2, 0) is 14.8 Å². The molecule has 1 aromatic heterocycles. The summed E-state index contributed by atoms with van der Waals surface area (Å²) in [7, 11) is -3.57. The monoisotopic (exact) mass is 270 g/mol. The summed E-state index contributed by atoms with van der Waals surface area (Å²) in [5.41, 5.74) is 6.20. The van der Waals surface area contributed by atoms with Gasteiger partial charge in [0.1, 0.15) is 5.82 Å².